The van der Waals surface area contributed by atoms with Crippen molar-refractivity contribution < 1.29 is 61.8 Å². The van der Waals surface area contributed by atoms with Crippen molar-refractivity contribution in [1.82, 2.24) is 0 Å². The van der Waals surface area contributed by atoms with Crippen molar-refractivity contribution in [2.45, 2.75) is 36.3 Å². The lowest BCUT2D eigenvalue weighted by Crippen LogP contribution is -2.64. The van der Waals surface area contributed by atoms with Gasteiger partial charge in [-0.25, -0.2) is 9.59 Å². The van der Waals surface area contributed by atoms with Gasteiger partial charge in [0.15, 0.2) is 22.7 Å². The van der Waals surface area contributed by atoms with E-state index in [1.807, 2.05) is 12.1 Å². The molecule has 3 saturated heterocycles. The van der Waals surface area contributed by atoms with E-state index >= 15 is 0 Å². The summed E-state index contributed by atoms with van der Waals surface area (Å²) in [6.07, 6.45) is 4.40. The Morgan fingerprint density at radius 1 is 0.604 bits per heavy atom. The molecule has 5 aliphatic heterocycles. The van der Waals surface area contributed by atoms with Crippen LogP contribution < -0.4 is 9.47 Å². The standard InChI is InChI=1S/C40H44O13/c1-45-37(43)39-29-21-14-22(28-27(21)33(41)25-17-3-4-18(13-17)26(25)34(28)42)30(29)40(53-39,38(44)46-2)32-31(39)35-19-15-23-24(16-20(19)36(32)52-35)51-12-10-49-8-6-47-5-7-48-9-11-50-23/h3-4,15-18,21-22,25-32,35-36H,5-14H2,1-2H3/t17-,18+,21+,22-,25-,26+,27+,28-,29+,30-,31+,32-,35-,36+,39+,40-. The summed E-state index contributed by atoms with van der Waals surface area (Å²) in [4.78, 5) is 58.2. The molecular formula is C40H44O13. The second kappa shape index (κ2) is 11.6. The first kappa shape index (κ1) is 33.0. The number of esters is 2. The van der Waals surface area contributed by atoms with Crippen LogP contribution in [0.15, 0.2) is 24.3 Å². The molecule has 5 aliphatic carbocycles. The van der Waals surface area contributed by atoms with Gasteiger partial charge in [0.1, 0.15) is 24.8 Å². The zero-order valence-electron chi connectivity index (χ0n) is 29.8. The fourth-order valence-corrected chi connectivity index (χ4v) is 13.8. The third-order valence-electron chi connectivity index (χ3n) is 15.1. The number of ether oxygens (including phenoxy) is 9. The van der Waals surface area contributed by atoms with Gasteiger partial charge in [-0.15, -0.1) is 0 Å². The fourth-order valence-electron chi connectivity index (χ4n) is 13.8. The summed E-state index contributed by atoms with van der Waals surface area (Å²) in [5.74, 6) is -4.12. The van der Waals surface area contributed by atoms with E-state index in [1.54, 1.807) is 0 Å². The number of rotatable bonds is 2. The minimum atomic E-state index is -1.58. The van der Waals surface area contributed by atoms with Gasteiger partial charge in [0, 0.05) is 47.3 Å². The Morgan fingerprint density at radius 2 is 1.04 bits per heavy atom. The molecule has 8 bridgehead atoms. The Balaban J connectivity index is 1.01. The second-order valence-corrected chi connectivity index (χ2v) is 16.6. The molecule has 0 aromatic heterocycles. The zero-order valence-corrected chi connectivity index (χ0v) is 29.8. The Labute approximate surface area is 306 Å². The average Bonchev–Trinajstić information content (AvgIpc) is 4.03. The van der Waals surface area contributed by atoms with Crippen molar-refractivity contribution in [3.05, 3.63) is 35.4 Å². The first-order chi connectivity index (χ1) is 25.9. The molecule has 10 aliphatic rings. The summed E-state index contributed by atoms with van der Waals surface area (Å²) in [5, 5.41) is 0. The molecule has 5 heterocycles. The van der Waals surface area contributed by atoms with Gasteiger partial charge >= 0.3 is 11.9 Å². The predicted octanol–water partition coefficient (Wildman–Crippen LogP) is 2.44. The van der Waals surface area contributed by atoms with Crippen LogP contribution in [0.4, 0.5) is 0 Å². The number of Topliss-reactive ketones (excluding diaryl/α,β-unsaturated/α-hetero) is 2. The molecular weight excluding hydrogens is 688 g/mol. The van der Waals surface area contributed by atoms with Gasteiger partial charge in [0.2, 0.25) is 0 Å². The Hall–Kier alpha value is -3.36. The van der Waals surface area contributed by atoms with Crippen LogP contribution in [0.3, 0.4) is 0 Å². The van der Waals surface area contributed by atoms with Crippen LogP contribution in [0, 0.1) is 71.0 Å². The fraction of sp³-hybridized carbons (Fsp3) is 0.700. The van der Waals surface area contributed by atoms with Crippen molar-refractivity contribution in [3.63, 3.8) is 0 Å². The molecule has 1 aromatic carbocycles. The highest BCUT2D eigenvalue weighted by atomic mass is 16.6. The van der Waals surface area contributed by atoms with Crippen LogP contribution in [-0.2, 0) is 52.3 Å². The van der Waals surface area contributed by atoms with Crippen LogP contribution in [0.25, 0.3) is 0 Å². The van der Waals surface area contributed by atoms with Gasteiger partial charge < -0.3 is 42.6 Å². The molecule has 0 radical (unpaired) electrons. The van der Waals surface area contributed by atoms with E-state index in [2.05, 4.69) is 12.2 Å². The van der Waals surface area contributed by atoms with Gasteiger partial charge in [-0.05, 0) is 59.8 Å². The van der Waals surface area contributed by atoms with E-state index in [9.17, 15) is 19.2 Å². The number of methoxy groups -OCH3 is 2. The largest absolute Gasteiger partial charge is 0.487 e. The SMILES string of the molecule is COC(=O)[C@@]12O[C@@](C(=O)OC)([C@H]3[C@H]4C[C@H]([C@H]5C(=O)[C@@H]6[C@H](C(=O)[C@@H]45)[C@@H]4C=C[C@H]6C4)[C@H]31)[C@H]1[C@@H]2[C@H]2O[C@@H]1c1cc3c(cc12)OCCOCCOCCOCCO3. The molecule has 1 aromatic rings. The molecule has 11 rings (SSSR count). The molecule has 7 fully saturated rings. The second-order valence-electron chi connectivity index (χ2n) is 16.6. The summed E-state index contributed by atoms with van der Waals surface area (Å²) >= 11 is 0. The third-order valence-corrected chi connectivity index (χ3v) is 15.1. The molecule has 0 unspecified atom stereocenters. The van der Waals surface area contributed by atoms with Gasteiger partial charge in [0.25, 0.3) is 0 Å². The van der Waals surface area contributed by atoms with Crippen LogP contribution >= 0.6 is 0 Å². The van der Waals surface area contributed by atoms with Crippen molar-refractivity contribution in [2.24, 2.45) is 71.0 Å². The molecule has 0 spiro atoms. The van der Waals surface area contributed by atoms with Crippen LogP contribution in [0.5, 0.6) is 11.5 Å². The Morgan fingerprint density at radius 3 is 1.47 bits per heavy atom. The molecule has 13 nitrogen and oxygen atoms in total. The number of hydrogen-bond acceptors (Lipinski definition) is 13. The lowest BCUT2D eigenvalue weighted by Gasteiger charge is -2.52. The van der Waals surface area contributed by atoms with Gasteiger partial charge in [-0.3, -0.25) is 9.59 Å². The van der Waals surface area contributed by atoms with Crippen molar-refractivity contribution in [1.29, 1.82) is 0 Å². The number of fused-ring (bicyclic) bond motifs is 28. The van der Waals surface area contributed by atoms with E-state index in [0.717, 1.165) is 17.5 Å². The molecule has 53 heavy (non-hydrogen) atoms. The maximum atomic E-state index is 14.6. The molecule has 13 heteroatoms. The number of ketones is 2. The quantitative estimate of drug-likeness (QED) is 0.324. The minimum Gasteiger partial charge on any atom is -0.487 e. The maximum Gasteiger partial charge on any atom is 0.338 e. The van der Waals surface area contributed by atoms with Crippen molar-refractivity contribution in [2.75, 3.05) is 67.1 Å². The maximum absolute atomic E-state index is 14.6. The highest BCUT2D eigenvalue weighted by Gasteiger charge is 2.92. The Kier molecular flexibility index (Phi) is 7.21. The van der Waals surface area contributed by atoms with E-state index < -0.39 is 70.9 Å². The average molecular weight is 733 g/mol. The van der Waals surface area contributed by atoms with Gasteiger partial charge in [0.05, 0.1) is 66.1 Å². The highest BCUT2D eigenvalue weighted by Crippen LogP contribution is 2.83. The number of carbonyl (C=O) groups is 4. The summed E-state index contributed by atoms with van der Waals surface area (Å²) in [7, 11) is 2.68. The van der Waals surface area contributed by atoms with E-state index in [-0.39, 0.29) is 60.3 Å². The summed E-state index contributed by atoms with van der Waals surface area (Å²) in [6.45, 7) is 3.01. The molecule has 16 atom stereocenters. The van der Waals surface area contributed by atoms with Gasteiger partial charge in [-0.2, -0.15) is 0 Å². The first-order valence-corrected chi connectivity index (χ1v) is 19.3. The van der Waals surface area contributed by atoms with Crippen LogP contribution in [0.1, 0.15) is 36.2 Å². The topological polar surface area (TPSA) is 151 Å². The van der Waals surface area contributed by atoms with Crippen molar-refractivity contribution in [3.8, 4) is 11.5 Å². The summed E-state index contributed by atoms with van der Waals surface area (Å²) in [6, 6.07) is 3.83. The van der Waals surface area contributed by atoms with Gasteiger partial charge in [-0.1, -0.05) is 12.2 Å². The first-order valence-electron chi connectivity index (χ1n) is 19.3. The summed E-state index contributed by atoms with van der Waals surface area (Å²) < 4.78 is 54.5. The van der Waals surface area contributed by atoms with E-state index in [0.29, 0.717) is 57.6 Å². The van der Waals surface area contributed by atoms with E-state index in [1.165, 1.54) is 14.2 Å². The minimum absolute atomic E-state index is 0.0871. The third kappa shape index (κ3) is 3.95. The van der Waals surface area contributed by atoms with Crippen molar-refractivity contribution >= 4 is 23.5 Å². The number of hydrogen-bond donors (Lipinski definition) is 0. The lowest BCUT2D eigenvalue weighted by molar-refractivity contribution is -0.193. The molecule has 4 saturated carbocycles. The number of allylic oxidation sites excluding steroid dienone is 2. The monoisotopic (exact) mass is 732 g/mol. The van der Waals surface area contributed by atoms with Crippen LogP contribution in [-0.4, -0.2) is 102 Å². The Bertz CT molecular complexity index is 1700. The lowest BCUT2D eigenvalue weighted by atomic mass is 9.45. The van der Waals surface area contributed by atoms with Crippen LogP contribution in [0.2, 0.25) is 0 Å². The zero-order chi connectivity index (χ0) is 36.0. The van der Waals surface area contributed by atoms with E-state index in [4.69, 9.17) is 42.6 Å². The summed E-state index contributed by atoms with van der Waals surface area (Å²) in [5.41, 5.74) is -1.49. The normalized spacial score (nSPS) is 48.0. The predicted molar refractivity (Wildman–Crippen MR) is 177 cm³/mol. The smallest absolute Gasteiger partial charge is 0.338 e. The number of carbonyl (C=O) groups excluding carboxylic acids is 4. The molecule has 0 amide bonds. The molecule has 0 N–H and O–H groups in total. The number of benzene rings is 1. The highest BCUT2D eigenvalue weighted by molar-refractivity contribution is 6.02. The molecule has 282 valence electrons.